The minimum absolute atomic E-state index is 0.599. The number of halogens is 1. The average molecular weight is 310 g/mol. The lowest BCUT2D eigenvalue weighted by atomic mass is 10.2. The molecule has 0 saturated carbocycles. The van der Waals surface area contributed by atoms with Crippen molar-refractivity contribution < 1.29 is 4.74 Å². The minimum atomic E-state index is 0.599. The monoisotopic (exact) mass is 309 g/mol. The van der Waals surface area contributed by atoms with Gasteiger partial charge in [0.15, 0.2) is 0 Å². The molecule has 0 aliphatic carbocycles. The maximum atomic E-state index is 5.92. The van der Waals surface area contributed by atoms with Crippen LogP contribution in [0, 0.1) is 6.92 Å². The van der Waals surface area contributed by atoms with Gasteiger partial charge in [0.2, 0.25) is 0 Å². The molecule has 2 aromatic rings. The van der Waals surface area contributed by atoms with Crippen LogP contribution in [-0.4, -0.2) is 54.2 Å². The first-order chi connectivity index (χ1) is 10.2. The first kappa shape index (κ1) is 16.3. The van der Waals surface area contributed by atoms with Gasteiger partial charge in [-0.25, -0.2) is 4.98 Å². The van der Waals surface area contributed by atoms with E-state index in [1.54, 1.807) is 7.11 Å². The van der Waals surface area contributed by atoms with Gasteiger partial charge in [-0.3, -0.25) is 0 Å². The maximum absolute atomic E-state index is 5.92. The SMILES string of the molecule is COCCN(C)CCn1c(CCCl)nc2cc(C)ccc21. The summed E-state index contributed by atoms with van der Waals surface area (Å²) in [6.45, 7) is 5.68. The summed E-state index contributed by atoms with van der Waals surface area (Å²) in [5.41, 5.74) is 3.50. The number of methoxy groups -OCH3 is 1. The molecule has 0 aliphatic rings. The molecule has 0 unspecified atom stereocenters. The summed E-state index contributed by atoms with van der Waals surface area (Å²) in [6, 6.07) is 6.43. The Bertz CT molecular complexity index is 582. The quantitative estimate of drug-likeness (QED) is 0.702. The van der Waals surface area contributed by atoms with Gasteiger partial charge in [-0.2, -0.15) is 0 Å². The van der Waals surface area contributed by atoms with Crippen molar-refractivity contribution in [2.24, 2.45) is 0 Å². The highest BCUT2D eigenvalue weighted by Crippen LogP contribution is 2.18. The Morgan fingerprint density at radius 2 is 2.14 bits per heavy atom. The number of hydrogen-bond acceptors (Lipinski definition) is 3. The van der Waals surface area contributed by atoms with Crippen molar-refractivity contribution in [3.05, 3.63) is 29.6 Å². The van der Waals surface area contributed by atoms with Crippen LogP contribution in [0.3, 0.4) is 0 Å². The zero-order chi connectivity index (χ0) is 15.2. The van der Waals surface area contributed by atoms with E-state index in [2.05, 4.69) is 41.6 Å². The highest BCUT2D eigenvalue weighted by molar-refractivity contribution is 6.17. The molecule has 2 rings (SSSR count). The summed E-state index contributed by atoms with van der Waals surface area (Å²) in [5, 5.41) is 0. The third kappa shape index (κ3) is 4.19. The fraction of sp³-hybridized carbons (Fsp3) is 0.562. The zero-order valence-corrected chi connectivity index (χ0v) is 13.9. The summed E-state index contributed by atoms with van der Waals surface area (Å²) >= 11 is 5.92. The summed E-state index contributed by atoms with van der Waals surface area (Å²) < 4.78 is 7.41. The predicted octanol–water partition coefficient (Wildman–Crippen LogP) is 2.70. The molecule has 0 radical (unpaired) electrons. The molecule has 21 heavy (non-hydrogen) atoms. The molecule has 4 nitrogen and oxygen atoms in total. The van der Waals surface area contributed by atoms with E-state index in [1.807, 2.05) is 0 Å². The summed E-state index contributed by atoms with van der Waals surface area (Å²) in [6.07, 6.45) is 0.803. The first-order valence-corrected chi connectivity index (χ1v) is 7.88. The van der Waals surface area contributed by atoms with E-state index in [9.17, 15) is 0 Å². The Labute approximate surface area is 131 Å². The Balaban J connectivity index is 2.18. The second-order valence-electron chi connectivity index (χ2n) is 5.41. The molecule has 0 bridgehead atoms. The fourth-order valence-corrected chi connectivity index (χ4v) is 2.61. The van der Waals surface area contributed by atoms with E-state index in [-0.39, 0.29) is 0 Å². The highest BCUT2D eigenvalue weighted by Gasteiger charge is 2.11. The van der Waals surface area contributed by atoms with E-state index in [0.29, 0.717) is 5.88 Å². The Morgan fingerprint density at radius 3 is 2.86 bits per heavy atom. The van der Waals surface area contributed by atoms with Crippen LogP contribution in [0.2, 0.25) is 0 Å². The van der Waals surface area contributed by atoms with Crippen molar-refractivity contribution in [1.29, 1.82) is 0 Å². The van der Waals surface area contributed by atoms with Gasteiger partial charge in [0.05, 0.1) is 17.6 Å². The fourth-order valence-electron chi connectivity index (χ4n) is 2.44. The molecule has 116 valence electrons. The zero-order valence-electron chi connectivity index (χ0n) is 13.1. The molecule has 1 aromatic carbocycles. The van der Waals surface area contributed by atoms with Gasteiger partial charge in [-0.1, -0.05) is 6.07 Å². The first-order valence-electron chi connectivity index (χ1n) is 7.35. The number of rotatable bonds is 8. The molecule has 1 aromatic heterocycles. The second kappa shape index (κ2) is 7.78. The number of likely N-dealkylation sites (N-methyl/N-ethyl adjacent to an activating group) is 1. The van der Waals surface area contributed by atoms with Crippen LogP contribution in [0.25, 0.3) is 11.0 Å². The molecule has 1 heterocycles. The number of alkyl halides is 1. The third-order valence-corrected chi connectivity index (χ3v) is 3.87. The van der Waals surface area contributed by atoms with Crippen molar-refractivity contribution in [3.63, 3.8) is 0 Å². The van der Waals surface area contributed by atoms with Gasteiger partial charge < -0.3 is 14.2 Å². The number of imidazole rings is 1. The van der Waals surface area contributed by atoms with E-state index < -0.39 is 0 Å². The van der Waals surface area contributed by atoms with E-state index in [1.165, 1.54) is 11.1 Å². The number of fused-ring (bicyclic) bond motifs is 1. The molecule has 0 spiro atoms. The molecule has 0 amide bonds. The smallest absolute Gasteiger partial charge is 0.111 e. The van der Waals surface area contributed by atoms with Crippen molar-refractivity contribution in [3.8, 4) is 0 Å². The highest BCUT2D eigenvalue weighted by atomic mass is 35.5. The molecule has 0 aliphatic heterocycles. The molecule has 0 saturated heterocycles. The number of aryl methyl sites for hydroxylation is 2. The summed E-state index contributed by atoms with van der Waals surface area (Å²) in [5.74, 6) is 1.67. The summed E-state index contributed by atoms with van der Waals surface area (Å²) in [4.78, 5) is 7.01. The molecule has 5 heteroatoms. The van der Waals surface area contributed by atoms with Crippen LogP contribution in [-0.2, 0) is 17.7 Å². The molecule has 0 fully saturated rings. The third-order valence-electron chi connectivity index (χ3n) is 3.68. The van der Waals surface area contributed by atoms with Crippen LogP contribution in [0.1, 0.15) is 11.4 Å². The largest absolute Gasteiger partial charge is 0.383 e. The van der Waals surface area contributed by atoms with E-state index >= 15 is 0 Å². The van der Waals surface area contributed by atoms with Gasteiger partial charge in [0, 0.05) is 39.0 Å². The van der Waals surface area contributed by atoms with Gasteiger partial charge in [-0.15, -0.1) is 11.6 Å². The standard InChI is InChI=1S/C16H24ClN3O/c1-13-4-5-15-14(12-13)18-16(6-7-17)20(15)9-8-19(2)10-11-21-3/h4-5,12H,6-11H2,1-3H3. The van der Waals surface area contributed by atoms with Crippen LogP contribution < -0.4 is 0 Å². The van der Waals surface area contributed by atoms with Gasteiger partial charge >= 0.3 is 0 Å². The molecule has 0 atom stereocenters. The van der Waals surface area contributed by atoms with Crippen LogP contribution >= 0.6 is 11.6 Å². The average Bonchev–Trinajstić information content (AvgIpc) is 2.79. The Kier molecular flexibility index (Phi) is 6.03. The van der Waals surface area contributed by atoms with Crippen molar-refractivity contribution in [2.45, 2.75) is 19.9 Å². The minimum Gasteiger partial charge on any atom is -0.383 e. The number of hydrogen-bond donors (Lipinski definition) is 0. The molecule has 0 N–H and O–H groups in total. The Hall–Kier alpha value is -1.10. The molecular formula is C16H24ClN3O. The lowest BCUT2D eigenvalue weighted by Gasteiger charge is -2.17. The number of nitrogens with zero attached hydrogens (tertiary/aromatic N) is 3. The second-order valence-corrected chi connectivity index (χ2v) is 5.78. The maximum Gasteiger partial charge on any atom is 0.111 e. The van der Waals surface area contributed by atoms with E-state index in [0.717, 1.165) is 44.0 Å². The number of ether oxygens (including phenoxy) is 1. The number of aromatic nitrogens is 2. The summed E-state index contributed by atoms with van der Waals surface area (Å²) in [7, 11) is 3.85. The van der Waals surface area contributed by atoms with E-state index in [4.69, 9.17) is 21.3 Å². The lowest BCUT2D eigenvalue weighted by Crippen LogP contribution is -2.27. The topological polar surface area (TPSA) is 30.3 Å². The van der Waals surface area contributed by atoms with Gasteiger partial charge in [-0.05, 0) is 31.7 Å². The number of benzene rings is 1. The molecular weight excluding hydrogens is 286 g/mol. The van der Waals surface area contributed by atoms with Crippen molar-refractivity contribution >= 4 is 22.6 Å². The predicted molar refractivity (Wildman–Crippen MR) is 88.3 cm³/mol. The van der Waals surface area contributed by atoms with Gasteiger partial charge in [0.1, 0.15) is 5.82 Å². The normalized spacial score (nSPS) is 11.7. The van der Waals surface area contributed by atoms with Crippen LogP contribution in [0.15, 0.2) is 18.2 Å². The van der Waals surface area contributed by atoms with Crippen molar-refractivity contribution in [2.75, 3.05) is 39.7 Å². The van der Waals surface area contributed by atoms with Crippen LogP contribution in [0.5, 0.6) is 0 Å². The lowest BCUT2D eigenvalue weighted by molar-refractivity contribution is 0.159. The van der Waals surface area contributed by atoms with Gasteiger partial charge in [0.25, 0.3) is 0 Å². The van der Waals surface area contributed by atoms with Crippen LogP contribution in [0.4, 0.5) is 0 Å². The Morgan fingerprint density at radius 1 is 1.33 bits per heavy atom. The van der Waals surface area contributed by atoms with Crippen molar-refractivity contribution in [1.82, 2.24) is 14.5 Å².